The lowest BCUT2D eigenvalue weighted by molar-refractivity contribution is -0.137. The summed E-state index contributed by atoms with van der Waals surface area (Å²) in [5.41, 5.74) is 1.97. The highest BCUT2D eigenvalue weighted by Gasteiger charge is 2.11. The van der Waals surface area contributed by atoms with Gasteiger partial charge in [0.15, 0.2) is 0 Å². The van der Waals surface area contributed by atoms with Gasteiger partial charge in [-0.3, -0.25) is 4.79 Å². The molecule has 0 spiro atoms. The number of nitrogens with one attached hydrogen (secondary N) is 1. The number of hydrogen-bond donors (Lipinski definition) is 3. The highest BCUT2D eigenvalue weighted by molar-refractivity contribution is 5.85. The van der Waals surface area contributed by atoms with Crippen molar-refractivity contribution in [1.82, 2.24) is 9.88 Å². The summed E-state index contributed by atoms with van der Waals surface area (Å²) in [4.78, 5) is 10.9. The second-order valence-corrected chi connectivity index (χ2v) is 4.86. The van der Waals surface area contributed by atoms with Crippen molar-refractivity contribution < 1.29 is 15.0 Å². The number of aliphatic carboxylic acids is 1. The van der Waals surface area contributed by atoms with E-state index in [1.165, 1.54) is 0 Å². The maximum atomic E-state index is 10.9. The molecule has 0 amide bonds. The smallest absolute Gasteiger partial charge is 0.323 e. The summed E-state index contributed by atoms with van der Waals surface area (Å²) in [5, 5.41) is 22.5. The van der Waals surface area contributed by atoms with Crippen LogP contribution in [0.1, 0.15) is 18.9 Å². The number of nitrogens with zero attached hydrogens (tertiary/aromatic N) is 1. The molecule has 2 rings (SSSR count). The zero-order valence-corrected chi connectivity index (χ0v) is 11.5. The van der Waals surface area contributed by atoms with Crippen molar-refractivity contribution in [3.8, 4) is 0 Å². The Balaban J connectivity index is 2.26. The van der Waals surface area contributed by atoms with Crippen molar-refractivity contribution >= 4 is 16.9 Å². The number of rotatable bonds is 7. The molecule has 0 unspecified atom stereocenters. The number of carboxylic acid groups (broad SMARTS) is 1. The minimum absolute atomic E-state index is 0.0439. The third-order valence-corrected chi connectivity index (χ3v) is 3.47. The maximum absolute atomic E-state index is 10.9. The first-order valence-electron chi connectivity index (χ1n) is 6.78. The van der Waals surface area contributed by atoms with Crippen molar-refractivity contribution in [2.75, 3.05) is 6.61 Å². The Bertz CT molecular complexity index is 588. The van der Waals surface area contributed by atoms with Crippen molar-refractivity contribution in [3.63, 3.8) is 0 Å². The first kappa shape index (κ1) is 14.6. The summed E-state index contributed by atoms with van der Waals surface area (Å²) in [7, 11) is 0. The van der Waals surface area contributed by atoms with Crippen LogP contribution in [-0.2, 0) is 17.9 Å². The number of carboxylic acids is 1. The van der Waals surface area contributed by atoms with E-state index in [-0.39, 0.29) is 19.2 Å². The molecule has 0 bridgehead atoms. The fraction of sp³-hybridized carbons (Fsp3) is 0.400. The van der Waals surface area contributed by atoms with Gasteiger partial charge in [0.1, 0.15) is 6.54 Å². The first-order valence-corrected chi connectivity index (χ1v) is 6.78. The topological polar surface area (TPSA) is 74.5 Å². The van der Waals surface area contributed by atoms with E-state index in [4.69, 9.17) is 5.11 Å². The monoisotopic (exact) mass is 276 g/mol. The van der Waals surface area contributed by atoms with E-state index in [1.54, 1.807) is 4.57 Å². The summed E-state index contributed by atoms with van der Waals surface area (Å²) >= 11 is 0. The molecular formula is C15H20N2O3. The largest absolute Gasteiger partial charge is 0.480 e. The molecule has 1 aromatic heterocycles. The average Bonchev–Trinajstić information content (AvgIpc) is 2.78. The van der Waals surface area contributed by atoms with Gasteiger partial charge in [-0.15, -0.1) is 0 Å². The second kappa shape index (κ2) is 6.54. The Labute approximate surface area is 117 Å². The minimum atomic E-state index is -0.855. The molecule has 0 aliphatic rings. The summed E-state index contributed by atoms with van der Waals surface area (Å²) < 4.78 is 1.74. The van der Waals surface area contributed by atoms with E-state index in [2.05, 4.69) is 5.32 Å². The zero-order chi connectivity index (χ0) is 14.5. The maximum Gasteiger partial charge on any atom is 0.323 e. The van der Waals surface area contributed by atoms with Crippen LogP contribution in [0.5, 0.6) is 0 Å². The lowest BCUT2D eigenvalue weighted by Gasteiger charge is -2.13. The van der Waals surface area contributed by atoms with Crippen LogP contribution < -0.4 is 5.32 Å². The van der Waals surface area contributed by atoms with Crippen LogP contribution in [0.4, 0.5) is 0 Å². The molecule has 5 heteroatoms. The molecule has 3 N–H and O–H groups in total. The fourth-order valence-electron chi connectivity index (χ4n) is 2.33. The van der Waals surface area contributed by atoms with Crippen LogP contribution in [0.2, 0.25) is 0 Å². The molecule has 108 valence electrons. The van der Waals surface area contributed by atoms with E-state index in [0.717, 1.165) is 22.9 Å². The fourth-order valence-corrected chi connectivity index (χ4v) is 2.33. The Morgan fingerprint density at radius 1 is 1.40 bits per heavy atom. The molecule has 1 atom stereocenters. The van der Waals surface area contributed by atoms with Crippen molar-refractivity contribution in [2.24, 2.45) is 0 Å². The molecule has 0 saturated heterocycles. The van der Waals surface area contributed by atoms with Crippen LogP contribution in [0.15, 0.2) is 30.5 Å². The molecule has 0 radical (unpaired) electrons. The Hall–Kier alpha value is -1.85. The quantitative estimate of drug-likeness (QED) is 0.718. The predicted octanol–water partition coefficient (Wildman–Crippen LogP) is 1.59. The van der Waals surface area contributed by atoms with Gasteiger partial charge in [-0.2, -0.15) is 0 Å². The Morgan fingerprint density at radius 2 is 2.15 bits per heavy atom. The Morgan fingerprint density at radius 3 is 2.80 bits per heavy atom. The minimum Gasteiger partial charge on any atom is -0.480 e. The molecule has 20 heavy (non-hydrogen) atoms. The van der Waals surface area contributed by atoms with Gasteiger partial charge >= 0.3 is 5.97 Å². The van der Waals surface area contributed by atoms with E-state index in [0.29, 0.717) is 6.54 Å². The molecule has 0 aliphatic heterocycles. The standard InChI is InChI=1S/C15H20N2O3/c1-2-12(10-18)16-7-11-8-17(9-15(19)20)14-6-4-3-5-13(11)14/h3-6,8,12,16,18H,2,7,9-10H2,1H3,(H,19,20)/t12-/m0/s1. The number of aromatic nitrogens is 1. The second-order valence-electron chi connectivity index (χ2n) is 4.86. The van der Waals surface area contributed by atoms with Gasteiger partial charge in [0, 0.05) is 29.7 Å². The molecular weight excluding hydrogens is 256 g/mol. The number of hydrogen-bond acceptors (Lipinski definition) is 3. The molecule has 0 fully saturated rings. The normalized spacial score (nSPS) is 12.7. The van der Waals surface area contributed by atoms with Crippen LogP contribution in [0.25, 0.3) is 10.9 Å². The van der Waals surface area contributed by atoms with Gasteiger partial charge in [0.05, 0.1) is 6.61 Å². The van der Waals surface area contributed by atoms with E-state index in [1.807, 2.05) is 37.4 Å². The van der Waals surface area contributed by atoms with Gasteiger partial charge in [0.2, 0.25) is 0 Å². The van der Waals surface area contributed by atoms with Gasteiger partial charge in [0.25, 0.3) is 0 Å². The van der Waals surface area contributed by atoms with Gasteiger partial charge < -0.3 is 20.1 Å². The first-order chi connectivity index (χ1) is 9.65. The number of benzene rings is 1. The molecule has 1 aromatic carbocycles. The number of fused-ring (bicyclic) bond motifs is 1. The van der Waals surface area contributed by atoms with Crippen LogP contribution in [-0.4, -0.2) is 33.4 Å². The molecule has 0 saturated carbocycles. The predicted molar refractivity (Wildman–Crippen MR) is 77.6 cm³/mol. The van der Waals surface area contributed by atoms with Gasteiger partial charge in [-0.1, -0.05) is 25.1 Å². The van der Waals surface area contributed by atoms with Gasteiger partial charge in [-0.05, 0) is 18.1 Å². The molecule has 2 aromatic rings. The summed E-state index contributed by atoms with van der Waals surface area (Å²) in [6.07, 6.45) is 2.72. The van der Waals surface area contributed by atoms with Crippen molar-refractivity contribution in [2.45, 2.75) is 32.5 Å². The lowest BCUT2D eigenvalue weighted by Crippen LogP contribution is -2.31. The van der Waals surface area contributed by atoms with E-state index < -0.39 is 5.97 Å². The van der Waals surface area contributed by atoms with Crippen LogP contribution >= 0.6 is 0 Å². The van der Waals surface area contributed by atoms with Gasteiger partial charge in [-0.25, -0.2) is 0 Å². The summed E-state index contributed by atoms with van der Waals surface area (Å²) in [6, 6.07) is 7.83. The molecule has 0 aliphatic carbocycles. The van der Waals surface area contributed by atoms with E-state index >= 15 is 0 Å². The highest BCUT2D eigenvalue weighted by Crippen LogP contribution is 2.21. The third-order valence-electron chi connectivity index (χ3n) is 3.47. The molecule has 1 heterocycles. The summed E-state index contributed by atoms with van der Waals surface area (Å²) in [5.74, 6) is -0.855. The lowest BCUT2D eigenvalue weighted by atomic mass is 10.1. The third kappa shape index (κ3) is 3.18. The van der Waals surface area contributed by atoms with Crippen LogP contribution in [0, 0.1) is 0 Å². The van der Waals surface area contributed by atoms with E-state index in [9.17, 15) is 9.90 Å². The number of aliphatic hydroxyl groups excluding tert-OH is 1. The molecule has 5 nitrogen and oxygen atoms in total. The highest BCUT2D eigenvalue weighted by atomic mass is 16.4. The number of aliphatic hydroxyl groups is 1. The summed E-state index contributed by atoms with van der Waals surface area (Å²) in [6.45, 7) is 2.69. The zero-order valence-electron chi connectivity index (χ0n) is 11.5. The Kier molecular flexibility index (Phi) is 4.76. The average molecular weight is 276 g/mol. The SMILES string of the molecule is CC[C@@H](CO)NCc1cn(CC(=O)O)c2ccccc12. The van der Waals surface area contributed by atoms with Crippen molar-refractivity contribution in [1.29, 1.82) is 0 Å². The number of para-hydroxylation sites is 1. The number of carbonyl (C=O) groups is 1. The van der Waals surface area contributed by atoms with Crippen molar-refractivity contribution in [3.05, 3.63) is 36.0 Å². The van der Waals surface area contributed by atoms with Crippen LogP contribution in [0.3, 0.4) is 0 Å².